The van der Waals surface area contributed by atoms with Crippen molar-refractivity contribution in [2.75, 3.05) is 7.05 Å². The third-order valence-corrected chi connectivity index (χ3v) is 6.99. The minimum absolute atomic E-state index is 0.263. The molecule has 2 heterocycles. The Kier molecular flexibility index (Phi) is 5.89. The summed E-state index contributed by atoms with van der Waals surface area (Å²) >= 11 is 7.51. The van der Waals surface area contributed by atoms with Gasteiger partial charge in [0.2, 0.25) is 4.77 Å². The second kappa shape index (κ2) is 8.57. The SMILES string of the molecule is CCn1c(Cc2ccccc2)nn(C[NH+](C)[C@@H](C)c2nc3ccccc3s2)c1=S. The van der Waals surface area contributed by atoms with Gasteiger partial charge in [0.15, 0.2) is 11.7 Å². The molecule has 0 radical (unpaired) electrons. The average Bonchev–Trinajstić information content (AvgIpc) is 3.29. The predicted molar refractivity (Wildman–Crippen MR) is 121 cm³/mol. The summed E-state index contributed by atoms with van der Waals surface area (Å²) < 4.78 is 6.13. The van der Waals surface area contributed by atoms with Crippen LogP contribution < -0.4 is 4.90 Å². The van der Waals surface area contributed by atoms with Gasteiger partial charge >= 0.3 is 0 Å². The number of hydrogen-bond donors (Lipinski definition) is 1. The lowest BCUT2D eigenvalue weighted by Crippen LogP contribution is -3.08. The summed E-state index contributed by atoms with van der Waals surface area (Å²) in [6.45, 7) is 5.88. The van der Waals surface area contributed by atoms with Crippen LogP contribution in [0.25, 0.3) is 10.2 Å². The molecule has 1 N–H and O–H groups in total. The molecule has 29 heavy (non-hydrogen) atoms. The van der Waals surface area contributed by atoms with Crippen molar-refractivity contribution in [2.24, 2.45) is 0 Å². The van der Waals surface area contributed by atoms with Crippen LogP contribution in [-0.2, 0) is 19.6 Å². The van der Waals surface area contributed by atoms with Crippen LogP contribution in [0.4, 0.5) is 0 Å². The molecule has 0 saturated heterocycles. The van der Waals surface area contributed by atoms with Gasteiger partial charge in [-0.2, -0.15) is 9.78 Å². The first-order valence-corrected chi connectivity index (χ1v) is 11.2. The van der Waals surface area contributed by atoms with Crippen molar-refractivity contribution in [1.82, 2.24) is 19.3 Å². The molecule has 0 saturated carbocycles. The van der Waals surface area contributed by atoms with Gasteiger partial charge in [0.25, 0.3) is 0 Å². The molecule has 4 rings (SSSR count). The maximum atomic E-state index is 5.74. The van der Waals surface area contributed by atoms with E-state index in [-0.39, 0.29) is 6.04 Å². The molecule has 0 amide bonds. The predicted octanol–water partition coefficient (Wildman–Crippen LogP) is 3.87. The molecule has 0 aliphatic rings. The first-order valence-electron chi connectivity index (χ1n) is 9.95. The fourth-order valence-electron chi connectivity index (χ4n) is 3.48. The van der Waals surface area contributed by atoms with E-state index < -0.39 is 0 Å². The van der Waals surface area contributed by atoms with Crippen molar-refractivity contribution >= 4 is 33.8 Å². The van der Waals surface area contributed by atoms with Crippen LogP contribution in [0, 0.1) is 4.77 Å². The largest absolute Gasteiger partial charge is 0.311 e. The molecule has 0 spiro atoms. The summed E-state index contributed by atoms with van der Waals surface area (Å²) in [6, 6.07) is 19.0. The fraction of sp³-hybridized carbons (Fsp3) is 0.318. The van der Waals surface area contributed by atoms with Crippen molar-refractivity contribution in [2.45, 2.75) is 39.5 Å². The Bertz CT molecular complexity index is 1130. The van der Waals surface area contributed by atoms with Gasteiger partial charge < -0.3 is 9.47 Å². The van der Waals surface area contributed by atoms with E-state index in [1.165, 1.54) is 15.2 Å². The van der Waals surface area contributed by atoms with Crippen LogP contribution in [0.3, 0.4) is 0 Å². The number of nitrogens with one attached hydrogen (secondary N) is 1. The Balaban J connectivity index is 1.55. The third-order valence-electron chi connectivity index (χ3n) is 5.34. The molecular weight excluding hydrogens is 398 g/mol. The Morgan fingerprint density at radius 3 is 2.55 bits per heavy atom. The lowest BCUT2D eigenvalue weighted by atomic mass is 10.1. The van der Waals surface area contributed by atoms with E-state index in [1.54, 1.807) is 11.3 Å². The number of rotatable bonds is 7. The van der Waals surface area contributed by atoms with Crippen LogP contribution >= 0.6 is 23.6 Å². The smallest absolute Gasteiger partial charge is 0.202 e. The molecule has 0 bridgehead atoms. The van der Waals surface area contributed by atoms with Crippen LogP contribution in [0.2, 0.25) is 0 Å². The molecule has 2 atom stereocenters. The summed E-state index contributed by atoms with van der Waals surface area (Å²) in [5.74, 6) is 1.02. The highest BCUT2D eigenvalue weighted by molar-refractivity contribution is 7.71. The molecule has 2 aromatic carbocycles. The number of aromatic nitrogens is 4. The maximum Gasteiger partial charge on any atom is 0.202 e. The molecule has 4 aromatic rings. The number of nitrogens with zero attached hydrogens (tertiary/aromatic N) is 4. The summed E-state index contributed by atoms with van der Waals surface area (Å²) in [5, 5.41) is 6.02. The zero-order valence-electron chi connectivity index (χ0n) is 17.0. The highest BCUT2D eigenvalue weighted by Gasteiger charge is 2.21. The van der Waals surface area contributed by atoms with E-state index >= 15 is 0 Å². The first-order chi connectivity index (χ1) is 14.1. The standard InChI is InChI=1S/C22H25N5S2/c1-4-26-20(14-17-10-6-5-7-11-17)24-27(22(26)28)15-25(3)16(2)21-23-18-12-8-9-13-19(18)29-21/h5-13,16H,4,14-15H2,1-3H3/p+1/t16-/m0/s1. The third kappa shape index (κ3) is 4.17. The van der Waals surface area contributed by atoms with Crippen LogP contribution in [0.1, 0.15) is 36.3 Å². The molecule has 150 valence electrons. The van der Waals surface area contributed by atoms with Crippen molar-refractivity contribution in [3.05, 3.63) is 75.8 Å². The van der Waals surface area contributed by atoms with Gasteiger partial charge in [-0.3, -0.25) is 0 Å². The Hall–Kier alpha value is -2.35. The Labute approximate surface area is 180 Å². The van der Waals surface area contributed by atoms with Crippen molar-refractivity contribution < 1.29 is 4.90 Å². The van der Waals surface area contributed by atoms with Gasteiger partial charge in [-0.1, -0.05) is 42.5 Å². The minimum atomic E-state index is 0.263. The van der Waals surface area contributed by atoms with E-state index in [4.69, 9.17) is 22.3 Å². The molecule has 0 fully saturated rings. The molecule has 2 aromatic heterocycles. The van der Waals surface area contributed by atoms with E-state index in [0.29, 0.717) is 6.67 Å². The molecule has 0 aliphatic heterocycles. The summed E-state index contributed by atoms with van der Waals surface area (Å²) in [4.78, 5) is 6.14. The number of fused-ring (bicyclic) bond motifs is 1. The van der Waals surface area contributed by atoms with Crippen molar-refractivity contribution in [3.8, 4) is 0 Å². The van der Waals surface area contributed by atoms with Crippen LogP contribution in [-0.4, -0.2) is 26.4 Å². The first kappa shape index (κ1) is 19.9. The molecule has 5 nitrogen and oxygen atoms in total. The topological polar surface area (TPSA) is 40.1 Å². The van der Waals surface area contributed by atoms with Gasteiger partial charge in [-0.15, -0.1) is 11.3 Å². The number of hydrogen-bond acceptors (Lipinski definition) is 4. The summed E-state index contributed by atoms with van der Waals surface area (Å²) in [7, 11) is 2.18. The zero-order valence-corrected chi connectivity index (χ0v) is 18.6. The van der Waals surface area contributed by atoms with Gasteiger partial charge in [-0.05, 0) is 43.8 Å². The van der Waals surface area contributed by atoms with Crippen LogP contribution in [0.15, 0.2) is 54.6 Å². The number of para-hydroxylation sites is 1. The molecular formula is C22H26N5S2+. The lowest BCUT2D eigenvalue weighted by molar-refractivity contribution is -0.933. The van der Waals surface area contributed by atoms with Crippen molar-refractivity contribution in [1.29, 1.82) is 0 Å². The maximum absolute atomic E-state index is 5.74. The summed E-state index contributed by atoms with van der Waals surface area (Å²) in [6.07, 6.45) is 0.789. The van der Waals surface area contributed by atoms with E-state index in [2.05, 4.69) is 67.9 Å². The van der Waals surface area contributed by atoms with E-state index in [1.807, 2.05) is 16.8 Å². The number of thiazole rings is 1. The number of benzene rings is 2. The second-order valence-electron chi connectivity index (χ2n) is 7.35. The highest BCUT2D eigenvalue weighted by Crippen LogP contribution is 2.24. The fourth-order valence-corrected chi connectivity index (χ4v) is 4.93. The normalized spacial score (nSPS) is 13.6. The molecule has 1 unspecified atom stereocenters. The van der Waals surface area contributed by atoms with Crippen LogP contribution in [0.5, 0.6) is 0 Å². The van der Waals surface area contributed by atoms with Gasteiger partial charge in [0.1, 0.15) is 11.9 Å². The van der Waals surface area contributed by atoms with Gasteiger partial charge in [0, 0.05) is 13.0 Å². The minimum Gasteiger partial charge on any atom is -0.311 e. The van der Waals surface area contributed by atoms with Gasteiger partial charge in [0.05, 0.1) is 17.3 Å². The number of quaternary nitrogens is 1. The van der Waals surface area contributed by atoms with E-state index in [0.717, 1.165) is 34.1 Å². The highest BCUT2D eigenvalue weighted by atomic mass is 32.1. The molecule has 7 heteroatoms. The van der Waals surface area contributed by atoms with E-state index in [9.17, 15) is 0 Å². The monoisotopic (exact) mass is 424 g/mol. The van der Waals surface area contributed by atoms with Gasteiger partial charge in [-0.25, -0.2) is 4.98 Å². The lowest BCUT2D eigenvalue weighted by Gasteiger charge is -2.19. The Morgan fingerprint density at radius 1 is 1.10 bits per heavy atom. The Morgan fingerprint density at radius 2 is 1.83 bits per heavy atom. The van der Waals surface area contributed by atoms with Crippen molar-refractivity contribution in [3.63, 3.8) is 0 Å². The average molecular weight is 425 g/mol. The quantitative estimate of drug-likeness (QED) is 0.458. The summed E-state index contributed by atoms with van der Waals surface area (Å²) in [5.41, 5.74) is 2.32. The second-order valence-corrected chi connectivity index (χ2v) is 8.78. The zero-order chi connectivity index (χ0) is 20.4. The molecule has 0 aliphatic carbocycles.